The molecule has 126 valence electrons. The first-order valence-corrected chi connectivity index (χ1v) is 8.28. The number of amides is 1. The quantitative estimate of drug-likeness (QED) is 0.866. The molecule has 1 aromatic carbocycles. The van der Waals surface area contributed by atoms with Crippen molar-refractivity contribution in [1.29, 1.82) is 0 Å². The van der Waals surface area contributed by atoms with Gasteiger partial charge in [-0.15, -0.1) is 0 Å². The third-order valence-electron chi connectivity index (χ3n) is 4.02. The lowest BCUT2D eigenvalue weighted by Gasteiger charge is -2.30. The highest BCUT2D eigenvalue weighted by molar-refractivity contribution is 9.10. The van der Waals surface area contributed by atoms with Crippen LogP contribution in [-0.2, 0) is 4.79 Å². The van der Waals surface area contributed by atoms with Gasteiger partial charge in [-0.1, -0.05) is 0 Å². The van der Waals surface area contributed by atoms with E-state index in [0.717, 1.165) is 0 Å². The van der Waals surface area contributed by atoms with Gasteiger partial charge < -0.3 is 10.0 Å². The van der Waals surface area contributed by atoms with Gasteiger partial charge in [0.2, 0.25) is 0 Å². The first-order chi connectivity index (χ1) is 11.5. The maximum Gasteiger partial charge on any atom is 0.308 e. The molecule has 1 aliphatic rings. The minimum Gasteiger partial charge on any atom is -0.481 e. The van der Waals surface area contributed by atoms with Crippen LogP contribution < -0.4 is 0 Å². The predicted molar refractivity (Wildman–Crippen MR) is 87.5 cm³/mol. The van der Waals surface area contributed by atoms with Crippen LogP contribution in [0.15, 0.2) is 34.9 Å². The molecule has 0 bridgehead atoms. The van der Waals surface area contributed by atoms with E-state index in [9.17, 15) is 14.0 Å². The highest BCUT2D eigenvalue weighted by atomic mass is 79.9. The molecular formula is C16H15BrFN3O3. The zero-order valence-electron chi connectivity index (χ0n) is 12.7. The number of halogens is 2. The number of carbonyl (C=O) groups is 2. The summed E-state index contributed by atoms with van der Waals surface area (Å²) in [5, 5.41) is 13.4. The molecule has 3 rings (SSSR count). The average molecular weight is 396 g/mol. The number of benzene rings is 1. The number of rotatable bonds is 3. The van der Waals surface area contributed by atoms with Crippen molar-refractivity contribution in [3.05, 3.63) is 46.4 Å². The van der Waals surface area contributed by atoms with Gasteiger partial charge in [-0.05, 0) is 53.0 Å². The first-order valence-electron chi connectivity index (χ1n) is 7.49. The number of hydrogen-bond donors (Lipinski definition) is 1. The van der Waals surface area contributed by atoms with E-state index >= 15 is 0 Å². The van der Waals surface area contributed by atoms with E-state index in [-0.39, 0.29) is 24.0 Å². The van der Waals surface area contributed by atoms with Gasteiger partial charge in [0.1, 0.15) is 5.82 Å². The summed E-state index contributed by atoms with van der Waals surface area (Å²) >= 11 is 3.32. The Hall–Kier alpha value is -2.22. The minimum atomic E-state index is -0.886. The lowest BCUT2D eigenvalue weighted by Crippen LogP contribution is -2.42. The Balaban J connectivity index is 1.83. The Labute approximate surface area is 146 Å². The fourth-order valence-corrected chi connectivity index (χ4v) is 3.18. The van der Waals surface area contributed by atoms with E-state index in [1.165, 1.54) is 21.7 Å². The fraction of sp³-hybridized carbons (Fsp3) is 0.312. The Morgan fingerprint density at radius 1 is 1.29 bits per heavy atom. The molecule has 1 aliphatic heterocycles. The average Bonchev–Trinajstić information content (AvgIpc) is 2.96. The van der Waals surface area contributed by atoms with Crippen LogP contribution in [0.4, 0.5) is 4.39 Å². The summed E-state index contributed by atoms with van der Waals surface area (Å²) in [5.74, 6) is -2.09. The number of hydrogen-bond acceptors (Lipinski definition) is 3. The lowest BCUT2D eigenvalue weighted by atomic mass is 9.98. The molecule has 1 amide bonds. The molecule has 24 heavy (non-hydrogen) atoms. The van der Waals surface area contributed by atoms with Gasteiger partial charge in [0.05, 0.1) is 16.1 Å². The smallest absolute Gasteiger partial charge is 0.308 e. The summed E-state index contributed by atoms with van der Waals surface area (Å²) < 4.78 is 15.0. The van der Waals surface area contributed by atoms with Crippen molar-refractivity contribution in [2.45, 2.75) is 12.8 Å². The topological polar surface area (TPSA) is 75.4 Å². The molecule has 1 fully saturated rings. The first kappa shape index (κ1) is 16.6. The van der Waals surface area contributed by atoms with Gasteiger partial charge >= 0.3 is 5.97 Å². The number of nitrogens with zero attached hydrogens (tertiary/aromatic N) is 3. The van der Waals surface area contributed by atoms with Gasteiger partial charge in [-0.3, -0.25) is 9.59 Å². The number of carboxylic acids is 1. The molecule has 1 atom stereocenters. The van der Waals surface area contributed by atoms with Crippen molar-refractivity contribution in [2.75, 3.05) is 13.1 Å². The Kier molecular flexibility index (Phi) is 4.66. The van der Waals surface area contributed by atoms with E-state index in [1.807, 2.05) is 0 Å². The van der Waals surface area contributed by atoms with Crippen LogP contribution in [-0.4, -0.2) is 44.8 Å². The second-order valence-corrected chi connectivity index (χ2v) is 6.53. The van der Waals surface area contributed by atoms with Gasteiger partial charge in [-0.2, -0.15) is 5.10 Å². The molecule has 0 aliphatic carbocycles. The van der Waals surface area contributed by atoms with Crippen molar-refractivity contribution in [2.24, 2.45) is 5.92 Å². The van der Waals surface area contributed by atoms with Crippen molar-refractivity contribution in [3.8, 4) is 5.69 Å². The standard InChI is InChI=1S/C16H15BrFN3O3/c17-13-9-21(12-5-3-11(18)4-6-12)19-14(13)15(22)20-7-1-2-10(8-20)16(23)24/h3-6,9-10H,1-2,7-8H2,(H,23,24)/t10-/m0/s1. The Morgan fingerprint density at radius 2 is 2.00 bits per heavy atom. The van der Waals surface area contributed by atoms with Crippen molar-refractivity contribution < 1.29 is 19.1 Å². The van der Waals surface area contributed by atoms with E-state index in [2.05, 4.69) is 21.0 Å². The maximum atomic E-state index is 13.0. The number of likely N-dealkylation sites (tertiary alicyclic amines) is 1. The number of piperidine rings is 1. The van der Waals surface area contributed by atoms with Crippen LogP contribution >= 0.6 is 15.9 Å². The number of carbonyl (C=O) groups excluding carboxylic acids is 1. The van der Waals surface area contributed by atoms with Crippen molar-refractivity contribution in [1.82, 2.24) is 14.7 Å². The van der Waals surface area contributed by atoms with E-state index in [4.69, 9.17) is 5.11 Å². The second-order valence-electron chi connectivity index (χ2n) is 5.68. The summed E-state index contributed by atoms with van der Waals surface area (Å²) in [7, 11) is 0. The zero-order chi connectivity index (χ0) is 17.3. The van der Waals surface area contributed by atoms with Crippen LogP contribution in [0.2, 0.25) is 0 Å². The van der Waals surface area contributed by atoms with Crippen molar-refractivity contribution >= 4 is 27.8 Å². The summed E-state index contributed by atoms with van der Waals surface area (Å²) in [6, 6.07) is 5.75. The van der Waals surface area contributed by atoms with Crippen molar-refractivity contribution in [3.63, 3.8) is 0 Å². The van der Waals surface area contributed by atoms with Gasteiger partial charge in [-0.25, -0.2) is 9.07 Å². The summed E-state index contributed by atoms with van der Waals surface area (Å²) in [6.45, 7) is 0.697. The highest BCUT2D eigenvalue weighted by Crippen LogP contribution is 2.23. The summed E-state index contributed by atoms with van der Waals surface area (Å²) in [5.41, 5.74) is 0.837. The second kappa shape index (κ2) is 6.72. The molecule has 2 aromatic rings. The molecule has 0 radical (unpaired) electrons. The van der Waals surface area contributed by atoms with Crippen LogP contribution in [0.25, 0.3) is 5.69 Å². The molecule has 0 unspecified atom stereocenters. The molecule has 2 heterocycles. The SMILES string of the molecule is O=C(O)[C@H]1CCCN(C(=O)c2nn(-c3ccc(F)cc3)cc2Br)C1. The van der Waals surface area contributed by atoms with Crippen LogP contribution in [0.5, 0.6) is 0 Å². The minimum absolute atomic E-state index is 0.185. The third-order valence-corrected chi connectivity index (χ3v) is 4.60. The van der Waals surface area contributed by atoms with E-state index in [1.54, 1.807) is 18.3 Å². The Bertz CT molecular complexity index is 775. The summed E-state index contributed by atoms with van der Waals surface area (Å²) in [4.78, 5) is 25.3. The molecule has 1 aromatic heterocycles. The summed E-state index contributed by atoms with van der Waals surface area (Å²) in [6.07, 6.45) is 2.85. The molecule has 0 spiro atoms. The zero-order valence-corrected chi connectivity index (χ0v) is 14.2. The molecule has 1 N–H and O–H groups in total. The van der Waals surface area contributed by atoms with Crippen LogP contribution in [0.1, 0.15) is 23.3 Å². The molecule has 1 saturated heterocycles. The maximum absolute atomic E-state index is 13.0. The highest BCUT2D eigenvalue weighted by Gasteiger charge is 2.30. The predicted octanol–water partition coefficient (Wildman–Crippen LogP) is 2.71. The number of aliphatic carboxylic acids is 1. The largest absolute Gasteiger partial charge is 0.481 e. The fourth-order valence-electron chi connectivity index (χ4n) is 2.74. The van der Waals surface area contributed by atoms with Gasteiger partial charge in [0.25, 0.3) is 5.91 Å². The van der Waals surface area contributed by atoms with Crippen LogP contribution in [0.3, 0.4) is 0 Å². The normalized spacial score (nSPS) is 17.8. The van der Waals surface area contributed by atoms with Gasteiger partial charge in [0, 0.05) is 19.3 Å². The number of aromatic nitrogens is 2. The Morgan fingerprint density at radius 3 is 2.67 bits per heavy atom. The monoisotopic (exact) mass is 395 g/mol. The molecular weight excluding hydrogens is 381 g/mol. The number of carboxylic acid groups (broad SMARTS) is 1. The van der Waals surface area contributed by atoms with Crippen LogP contribution in [0, 0.1) is 11.7 Å². The third kappa shape index (κ3) is 3.33. The van der Waals surface area contributed by atoms with E-state index < -0.39 is 11.9 Å². The lowest BCUT2D eigenvalue weighted by molar-refractivity contribution is -0.143. The molecule has 8 heteroatoms. The van der Waals surface area contributed by atoms with E-state index in [0.29, 0.717) is 29.5 Å². The molecule has 6 nitrogen and oxygen atoms in total. The molecule has 0 saturated carbocycles. The van der Waals surface area contributed by atoms with Gasteiger partial charge in [0.15, 0.2) is 5.69 Å².